The number of nitrogens with two attached hydrogens (primary N) is 1. The summed E-state index contributed by atoms with van der Waals surface area (Å²) >= 11 is 6.76. The van der Waals surface area contributed by atoms with Crippen molar-refractivity contribution < 1.29 is 4.74 Å². The lowest BCUT2D eigenvalue weighted by molar-refractivity contribution is 0.360. The second-order valence-corrected chi connectivity index (χ2v) is 5.72. The van der Waals surface area contributed by atoms with Crippen LogP contribution in [0, 0.1) is 0 Å². The summed E-state index contributed by atoms with van der Waals surface area (Å²) in [4.78, 5) is 0. The summed E-state index contributed by atoms with van der Waals surface area (Å²) in [6.45, 7) is 6.18. The molecular formula is C12H15Br2NO. The first-order valence-corrected chi connectivity index (χ1v) is 6.57. The predicted octanol–water partition coefficient (Wildman–Crippen LogP) is 3.63. The van der Waals surface area contributed by atoms with Crippen molar-refractivity contribution in [3.8, 4) is 5.75 Å². The first kappa shape index (κ1) is 13.7. The number of ether oxygens (including phenoxy) is 1. The summed E-state index contributed by atoms with van der Waals surface area (Å²) in [5.74, 6) is 0.833. The SMILES string of the molecule is C=C(Br)COc1ccc(Br)c(CC(C)N)c1. The zero-order valence-electron chi connectivity index (χ0n) is 9.17. The molecule has 4 heteroatoms. The van der Waals surface area contributed by atoms with Crippen LogP contribution in [0.4, 0.5) is 0 Å². The average molecular weight is 349 g/mol. The third-order valence-corrected chi connectivity index (χ3v) is 2.96. The molecule has 0 aliphatic rings. The molecule has 0 bridgehead atoms. The molecule has 0 aliphatic carbocycles. The van der Waals surface area contributed by atoms with Crippen LogP contribution >= 0.6 is 31.9 Å². The quantitative estimate of drug-likeness (QED) is 0.881. The van der Waals surface area contributed by atoms with E-state index in [1.807, 2.05) is 25.1 Å². The van der Waals surface area contributed by atoms with E-state index in [-0.39, 0.29) is 6.04 Å². The van der Waals surface area contributed by atoms with Crippen LogP contribution in [0.2, 0.25) is 0 Å². The molecule has 0 amide bonds. The Morgan fingerprint density at radius 2 is 2.25 bits per heavy atom. The summed E-state index contributed by atoms with van der Waals surface area (Å²) in [6.07, 6.45) is 0.826. The number of hydrogen-bond donors (Lipinski definition) is 1. The van der Waals surface area contributed by atoms with Crippen LogP contribution in [0.5, 0.6) is 5.75 Å². The minimum Gasteiger partial charge on any atom is -0.488 e. The lowest BCUT2D eigenvalue weighted by atomic mass is 10.1. The van der Waals surface area contributed by atoms with Gasteiger partial charge in [0.25, 0.3) is 0 Å². The Bertz CT molecular complexity index is 377. The summed E-state index contributed by atoms with van der Waals surface area (Å²) < 4.78 is 7.42. The molecule has 0 radical (unpaired) electrons. The molecule has 0 fully saturated rings. The molecule has 0 aromatic heterocycles. The summed E-state index contributed by atoms with van der Waals surface area (Å²) in [5.41, 5.74) is 6.94. The van der Waals surface area contributed by atoms with E-state index >= 15 is 0 Å². The normalized spacial score (nSPS) is 12.2. The maximum Gasteiger partial charge on any atom is 0.120 e. The van der Waals surface area contributed by atoms with Gasteiger partial charge >= 0.3 is 0 Å². The maximum absolute atomic E-state index is 5.78. The van der Waals surface area contributed by atoms with Gasteiger partial charge in [0.15, 0.2) is 0 Å². The highest BCUT2D eigenvalue weighted by molar-refractivity contribution is 9.11. The van der Waals surface area contributed by atoms with Gasteiger partial charge in [0.2, 0.25) is 0 Å². The lowest BCUT2D eigenvalue weighted by Crippen LogP contribution is -2.18. The second kappa shape index (κ2) is 6.42. The topological polar surface area (TPSA) is 35.2 Å². The predicted molar refractivity (Wildman–Crippen MR) is 75.1 cm³/mol. The van der Waals surface area contributed by atoms with Gasteiger partial charge in [-0.2, -0.15) is 0 Å². The third-order valence-electron chi connectivity index (χ3n) is 1.95. The molecule has 0 spiro atoms. The minimum atomic E-state index is 0.137. The Morgan fingerprint density at radius 1 is 1.56 bits per heavy atom. The molecular weight excluding hydrogens is 334 g/mol. The van der Waals surface area contributed by atoms with Gasteiger partial charge in [0.1, 0.15) is 12.4 Å². The third kappa shape index (κ3) is 4.68. The number of hydrogen-bond acceptors (Lipinski definition) is 2. The van der Waals surface area contributed by atoms with Gasteiger partial charge in [0, 0.05) is 15.0 Å². The molecule has 0 heterocycles. The van der Waals surface area contributed by atoms with E-state index in [0.717, 1.165) is 26.7 Å². The number of benzene rings is 1. The van der Waals surface area contributed by atoms with E-state index in [1.54, 1.807) is 0 Å². The van der Waals surface area contributed by atoms with Gasteiger partial charge in [-0.3, -0.25) is 0 Å². The van der Waals surface area contributed by atoms with E-state index in [9.17, 15) is 0 Å². The molecule has 1 aromatic carbocycles. The molecule has 0 saturated heterocycles. The van der Waals surface area contributed by atoms with Crippen LogP contribution < -0.4 is 10.5 Å². The monoisotopic (exact) mass is 347 g/mol. The van der Waals surface area contributed by atoms with Gasteiger partial charge in [-0.25, -0.2) is 0 Å². The molecule has 0 saturated carbocycles. The smallest absolute Gasteiger partial charge is 0.120 e. The highest BCUT2D eigenvalue weighted by atomic mass is 79.9. The molecule has 2 N–H and O–H groups in total. The minimum absolute atomic E-state index is 0.137. The van der Waals surface area contributed by atoms with E-state index in [2.05, 4.69) is 38.4 Å². The van der Waals surface area contributed by atoms with Crippen LogP contribution in [0.3, 0.4) is 0 Å². The fourth-order valence-corrected chi connectivity index (χ4v) is 1.83. The Morgan fingerprint density at radius 3 is 2.81 bits per heavy atom. The van der Waals surface area contributed by atoms with Crippen molar-refractivity contribution in [1.29, 1.82) is 0 Å². The van der Waals surface area contributed by atoms with Crippen LogP contribution in [0.25, 0.3) is 0 Å². The lowest BCUT2D eigenvalue weighted by Gasteiger charge is -2.11. The molecule has 16 heavy (non-hydrogen) atoms. The van der Waals surface area contributed by atoms with Crippen molar-refractivity contribution in [3.63, 3.8) is 0 Å². The van der Waals surface area contributed by atoms with Crippen LogP contribution in [0.1, 0.15) is 12.5 Å². The maximum atomic E-state index is 5.78. The van der Waals surface area contributed by atoms with Gasteiger partial charge in [-0.05, 0) is 37.1 Å². The van der Waals surface area contributed by atoms with E-state index < -0.39 is 0 Å². The standard InChI is InChI=1S/C12H15Br2NO/c1-8(13)7-16-11-3-4-12(14)10(6-11)5-9(2)15/h3-4,6,9H,1,5,7,15H2,2H3. The Hall–Kier alpha value is -0.320. The first-order valence-electron chi connectivity index (χ1n) is 4.99. The zero-order valence-corrected chi connectivity index (χ0v) is 12.3. The van der Waals surface area contributed by atoms with Crippen LogP contribution in [-0.2, 0) is 6.42 Å². The van der Waals surface area contributed by atoms with Gasteiger partial charge < -0.3 is 10.5 Å². The molecule has 1 rings (SSSR count). The zero-order chi connectivity index (χ0) is 12.1. The first-order chi connectivity index (χ1) is 7.49. The van der Waals surface area contributed by atoms with Crippen molar-refractivity contribution in [2.24, 2.45) is 5.73 Å². The van der Waals surface area contributed by atoms with Crippen molar-refractivity contribution in [2.75, 3.05) is 6.61 Å². The summed E-state index contributed by atoms with van der Waals surface area (Å²) in [6, 6.07) is 6.04. The second-order valence-electron chi connectivity index (χ2n) is 3.74. The molecule has 2 nitrogen and oxygen atoms in total. The Kier molecular flexibility index (Phi) is 5.52. The number of rotatable bonds is 5. The fraction of sp³-hybridized carbons (Fsp3) is 0.333. The molecule has 88 valence electrons. The Balaban J connectivity index is 2.76. The van der Waals surface area contributed by atoms with E-state index in [1.165, 1.54) is 0 Å². The largest absolute Gasteiger partial charge is 0.488 e. The van der Waals surface area contributed by atoms with Crippen molar-refractivity contribution in [3.05, 3.63) is 39.3 Å². The average Bonchev–Trinajstić information content (AvgIpc) is 2.18. The van der Waals surface area contributed by atoms with Gasteiger partial charge in [-0.1, -0.05) is 38.4 Å². The van der Waals surface area contributed by atoms with Crippen LogP contribution in [-0.4, -0.2) is 12.6 Å². The van der Waals surface area contributed by atoms with Crippen LogP contribution in [0.15, 0.2) is 33.7 Å². The summed E-state index contributed by atoms with van der Waals surface area (Å²) in [5, 5.41) is 0. The molecule has 1 unspecified atom stereocenters. The van der Waals surface area contributed by atoms with Gasteiger partial charge in [-0.15, -0.1) is 0 Å². The highest BCUT2D eigenvalue weighted by Gasteiger charge is 2.05. The van der Waals surface area contributed by atoms with Gasteiger partial charge in [0.05, 0.1) is 0 Å². The fourth-order valence-electron chi connectivity index (χ4n) is 1.31. The Labute approximate surface area is 113 Å². The molecule has 1 atom stereocenters. The number of halogens is 2. The summed E-state index contributed by atoms with van der Waals surface area (Å²) in [7, 11) is 0. The highest BCUT2D eigenvalue weighted by Crippen LogP contribution is 2.24. The van der Waals surface area contributed by atoms with E-state index in [0.29, 0.717) is 6.61 Å². The van der Waals surface area contributed by atoms with Crippen molar-refractivity contribution >= 4 is 31.9 Å². The molecule has 1 aromatic rings. The molecule has 0 aliphatic heterocycles. The van der Waals surface area contributed by atoms with Crippen molar-refractivity contribution in [1.82, 2.24) is 0 Å². The van der Waals surface area contributed by atoms with Crippen molar-refractivity contribution in [2.45, 2.75) is 19.4 Å². The van der Waals surface area contributed by atoms with E-state index in [4.69, 9.17) is 10.5 Å².